The van der Waals surface area contributed by atoms with Crippen LogP contribution in [-0.4, -0.2) is 16.1 Å². The van der Waals surface area contributed by atoms with Crippen molar-refractivity contribution in [2.75, 3.05) is 0 Å². The number of aryl methyl sites for hydroxylation is 3. The van der Waals surface area contributed by atoms with Gasteiger partial charge in [0, 0.05) is 19.3 Å². The Balaban J connectivity index is 1.46. The second kappa shape index (κ2) is 9.78. The number of hydrogen-bond acceptors (Lipinski definition) is 4. The Morgan fingerprint density at radius 3 is 2.36 bits per heavy atom. The number of halogens is 1. The van der Waals surface area contributed by atoms with Gasteiger partial charge in [-0.1, -0.05) is 49.4 Å². The van der Waals surface area contributed by atoms with Crippen molar-refractivity contribution in [2.24, 2.45) is 0 Å². The van der Waals surface area contributed by atoms with Crippen LogP contribution in [0.15, 0.2) is 59.0 Å². The molecular weight excluding hydrogens is 357 g/mol. The van der Waals surface area contributed by atoms with Gasteiger partial charge >= 0.3 is 0 Å². The van der Waals surface area contributed by atoms with E-state index in [1.807, 2.05) is 25.1 Å². The summed E-state index contributed by atoms with van der Waals surface area (Å²) in [6.45, 7) is 1.98. The molecule has 0 bridgehead atoms. The topological polar surface area (TPSA) is 68.0 Å². The largest absolute Gasteiger partial charge is 0.425 e. The Bertz CT molecular complexity index is 878. The van der Waals surface area contributed by atoms with Crippen LogP contribution >= 0.6 is 0 Å². The van der Waals surface area contributed by atoms with E-state index in [-0.39, 0.29) is 24.2 Å². The molecule has 1 amide bonds. The van der Waals surface area contributed by atoms with Gasteiger partial charge in [0.1, 0.15) is 5.82 Å². The van der Waals surface area contributed by atoms with Crippen LogP contribution in [0.3, 0.4) is 0 Å². The minimum atomic E-state index is -0.288. The Labute approximate surface area is 164 Å². The molecule has 0 aliphatic rings. The van der Waals surface area contributed by atoms with Gasteiger partial charge in [-0.25, -0.2) is 4.39 Å². The summed E-state index contributed by atoms with van der Waals surface area (Å²) in [5.41, 5.74) is 2.10. The van der Waals surface area contributed by atoms with Crippen molar-refractivity contribution in [1.82, 2.24) is 15.5 Å². The highest BCUT2D eigenvalue weighted by molar-refractivity contribution is 5.76. The molecule has 1 heterocycles. The average Bonchev–Trinajstić information content (AvgIpc) is 3.18. The smallest absolute Gasteiger partial charge is 0.220 e. The first-order valence-corrected chi connectivity index (χ1v) is 9.54. The summed E-state index contributed by atoms with van der Waals surface area (Å²) in [6.07, 6.45) is 2.88. The minimum absolute atomic E-state index is 0.0970. The molecule has 2 aromatic carbocycles. The number of rotatable bonds is 9. The van der Waals surface area contributed by atoms with Crippen molar-refractivity contribution in [3.63, 3.8) is 0 Å². The summed E-state index contributed by atoms with van der Waals surface area (Å²) in [7, 11) is 0. The molecular formula is C22H24FN3O2. The van der Waals surface area contributed by atoms with E-state index in [1.165, 1.54) is 17.7 Å². The maximum absolute atomic E-state index is 13.1. The van der Waals surface area contributed by atoms with E-state index < -0.39 is 0 Å². The van der Waals surface area contributed by atoms with E-state index in [0.717, 1.165) is 18.4 Å². The summed E-state index contributed by atoms with van der Waals surface area (Å²) in [5, 5.41) is 11.1. The van der Waals surface area contributed by atoms with Crippen LogP contribution in [0.2, 0.25) is 0 Å². The van der Waals surface area contributed by atoms with Crippen LogP contribution in [0.1, 0.15) is 48.7 Å². The van der Waals surface area contributed by atoms with Gasteiger partial charge in [-0.2, -0.15) is 0 Å². The Morgan fingerprint density at radius 2 is 1.68 bits per heavy atom. The van der Waals surface area contributed by atoms with E-state index in [9.17, 15) is 9.18 Å². The molecule has 6 heteroatoms. The highest BCUT2D eigenvalue weighted by atomic mass is 19.1. The molecule has 0 spiro atoms. The van der Waals surface area contributed by atoms with Crippen molar-refractivity contribution < 1.29 is 13.6 Å². The van der Waals surface area contributed by atoms with Crippen LogP contribution in [0, 0.1) is 5.82 Å². The van der Waals surface area contributed by atoms with Gasteiger partial charge < -0.3 is 9.73 Å². The quantitative estimate of drug-likeness (QED) is 0.603. The summed E-state index contributed by atoms with van der Waals surface area (Å²) in [4.78, 5) is 12.3. The van der Waals surface area contributed by atoms with Crippen LogP contribution < -0.4 is 5.32 Å². The molecule has 0 aliphatic carbocycles. The first-order chi connectivity index (χ1) is 13.6. The molecule has 0 saturated heterocycles. The fourth-order valence-corrected chi connectivity index (χ4v) is 2.99. The van der Waals surface area contributed by atoms with Crippen LogP contribution in [0.5, 0.6) is 0 Å². The number of nitrogens with one attached hydrogen (secondary N) is 1. The van der Waals surface area contributed by atoms with E-state index in [0.29, 0.717) is 24.6 Å². The van der Waals surface area contributed by atoms with Gasteiger partial charge in [-0.15, -0.1) is 10.2 Å². The predicted octanol–water partition coefficient (Wildman–Crippen LogP) is 4.19. The molecule has 28 heavy (non-hydrogen) atoms. The van der Waals surface area contributed by atoms with Crippen molar-refractivity contribution in [3.8, 4) is 0 Å². The highest BCUT2D eigenvalue weighted by Gasteiger charge is 2.14. The van der Waals surface area contributed by atoms with Crippen LogP contribution in [0.25, 0.3) is 0 Å². The number of nitrogens with zero attached hydrogens (tertiary/aromatic N) is 2. The van der Waals surface area contributed by atoms with Crippen molar-refractivity contribution >= 4 is 5.91 Å². The molecule has 146 valence electrons. The fourth-order valence-electron chi connectivity index (χ4n) is 2.99. The zero-order chi connectivity index (χ0) is 19.8. The third kappa shape index (κ3) is 5.74. The van der Waals surface area contributed by atoms with Crippen molar-refractivity contribution in [1.29, 1.82) is 0 Å². The van der Waals surface area contributed by atoms with Gasteiger partial charge in [-0.3, -0.25) is 4.79 Å². The third-order valence-corrected chi connectivity index (χ3v) is 4.56. The summed E-state index contributed by atoms with van der Waals surface area (Å²) in [5.74, 6) is 0.662. The fraction of sp³-hybridized carbons (Fsp3) is 0.318. The van der Waals surface area contributed by atoms with Gasteiger partial charge in [0.05, 0.1) is 6.04 Å². The lowest BCUT2D eigenvalue weighted by Crippen LogP contribution is -2.28. The molecule has 0 aliphatic heterocycles. The number of hydrogen-bond donors (Lipinski definition) is 1. The number of carbonyl (C=O) groups excluding carboxylic acids is 1. The lowest BCUT2D eigenvalue weighted by Gasteiger charge is -2.17. The molecule has 1 N–H and O–H groups in total. The Hall–Kier alpha value is -3.02. The van der Waals surface area contributed by atoms with E-state index >= 15 is 0 Å². The Kier molecular flexibility index (Phi) is 6.89. The molecule has 0 radical (unpaired) electrons. The number of benzene rings is 2. The van der Waals surface area contributed by atoms with E-state index in [4.69, 9.17) is 4.42 Å². The Morgan fingerprint density at radius 1 is 1.00 bits per heavy atom. The zero-order valence-electron chi connectivity index (χ0n) is 15.9. The number of aromatic nitrogens is 2. The lowest BCUT2D eigenvalue weighted by molar-refractivity contribution is -0.121. The minimum Gasteiger partial charge on any atom is -0.425 e. The average molecular weight is 381 g/mol. The van der Waals surface area contributed by atoms with E-state index in [1.54, 1.807) is 12.1 Å². The summed E-state index contributed by atoms with van der Waals surface area (Å²) in [6, 6.07) is 16.2. The summed E-state index contributed by atoms with van der Waals surface area (Å²) < 4.78 is 18.7. The molecule has 1 atom stereocenters. The monoisotopic (exact) mass is 381 g/mol. The predicted molar refractivity (Wildman–Crippen MR) is 104 cm³/mol. The maximum atomic E-state index is 13.1. The molecule has 0 unspecified atom stereocenters. The van der Waals surface area contributed by atoms with Gasteiger partial charge in [0.15, 0.2) is 0 Å². The SMILES string of the molecule is CC[C@H](NC(=O)CCc1nnc(CCc2ccccc2)o1)c1ccc(F)cc1. The molecule has 0 saturated carbocycles. The third-order valence-electron chi connectivity index (χ3n) is 4.56. The number of amides is 1. The van der Waals surface area contributed by atoms with Gasteiger partial charge in [0.2, 0.25) is 17.7 Å². The van der Waals surface area contributed by atoms with Crippen LogP contribution in [-0.2, 0) is 24.1 Å². The van der Waals surface area contributed by atoms with E-state index in [2.05, 4.69) is 27.6 Å². The van der Waals surface area contributed by atoms with Gasteiger partial charge in [-0.05, 0) is 36.1 Å². The molecule has 0 fully saturated rings. The first kappa shape index (κ1) is 19.7. The molecule has 1 aromatic heterocycles. The lowest BCUT2D eigenvalue weighted by atomic mass is 10.0. The molecule has 3 rings (SSSR count). The van der Waals surface area contributed by atoms with Crippen molar-refractivity contribution in [2.45, 2.75) is 45.1 Å². The standard InChI is InChI=1S/C22H24FN3O2/c1-2-19(17-9-11-18(23)12-10-17)24-20(27)13-15-22-26-25-21(28-22)14-8-16-6-4-3-5-7-16/h3-7,9-12,19H,2,8,13-15H2,1H3,(H,24,27)/t19-/m0/s1. The normalized spacial score (nSPS) is 11.9. The molecule has 3 aromatic rings. The zero-order valence-corrected chi connectivity index (χ0v) is 15.9. The first-order valence-electron chi connectivity index (χ1n) is 9.54. The van der Waals surface area contributed by atoms with Gasteiger partial charge in [0.25, 0.3) is 0 Å². The maximum Gasteiger partial charge on any atom is 0.220 e. The highest BCUT2D eigenvalue weighted by Crippen LogP contribution is 2.17. The second-order valence-corrected chi connectivity index (χ2v) is 6.66. The second-order valence-electron chi connectivity index (χ2n) is 6.66. The van der Waals surface area contributed by atoms with Crippen molar-refractivity contribution in [3.05, 3.63) is 83.3 Å². The number of carbonyl (C=O) groups is 1. The van der Waals surface area contributed by atoms with Crippen LogP contribution in [0.4, 0.5) is 4.39 Å². The summed E-state index contributed by atoms with van der Waals surface area (Å²) >= 11 is 0. The molecule has 5 nitrogen and oxygen atoms in total.